The topological polar surface area (TPSA) is 88.7 Å². The lowest BCUT2D eigenvalue weighted by Gasteiger charge is -2.32. The first kappa shape index (κ1) is 24.6. The van der Waals surface area contributed by atoms with Gasteiger partial charge in [-0.15, -0.1) is 0 Å². The maximum Gasteiger partial charge on any atom is 0.494 e. The number of halogens is 3. The molecule has 1 aliphatic rings. The van der Waals surface area contributed by atoms with Crippen LogP contribution in [0.4, 0.5) is 35.0 Å². The van der Waals surface area contributed by atoms with Crippen LogP contribution in [0.3, 0.4) is 0 Å². The molecule has 0 radical (unpaired) electrons. The van der Waals surface area contributed by atoms with Crippen LogP contribution in [0.2, 0.25) is 0 Å². The summed E-state index contributed by atoms with van der Waals surface area (Å²) in [6.07, 6.45) is -4.61. The molecule has 0 unspecified atom stereocenters. The van der Waals surface area contributed by atoms with E-state index < -0.39 is 42.0 Å². The average molecular weight is 463 g/mol. The molecular formula is C22H25BF3N3O4. The summed E-state index contributed by atoms with van der Waals surface area (Å²) in [6, 6.07) is 8.59. The maximum absolute atomic E-state index is 13.1. The van der Waals surface area contributed by atoms with Gasteiger partial charge in [0.2, 0.25) is 5.91 Å². The van der Waals surface area contributed by atoms with Crippen molar-refractivity contribution in [3.05, 3.63) is 48.0 Å². The standard InChI is InChI=1S/C22H25BF3N3O4/c1-13(30)27-17-11-6-14(22(24,25)26)12-18(17)29-19(31)28-16-9-7-15(8-10-16)23-32-20(2,3)21(4,5)33-23/h6-12H,1-5H3,(H,27,30)(H2,28,29,31). The summed E-state index contributed by atoms with van der Waals surface area (Å²) in [5, 5.41) is 7.30. The van der Waals surface area contributed by atoms with E-state index in [1.165, 1.54) is 6.92 Å². The fourth-order valence-electron chi connectivity index (χ4n) is 3.11. The lowest BCUT2D eigenvalue weighted by molar-refractivity contribution is -0.137. The molecule has 0 bridgehead atoms. The molecule has 11 heteroatoms. The monoisotopic (exact) mass is 463 g/mol. The number of carbonyl (C=O) groups is 2. The van der Waals surface area contributed by atoms with Gasteiger partial charge in [0, 0.05) is 12.6 Å². The summed E-state index contributed by atoms with van der Waals surface area (Å²) in [6.45, 7) is 8.97. The quantitative estimate of drug-likeness (QED) is 0.578. The van der Waals surface area contributed by atoms with Crippen LogP contribution in [0.1, 0.15) is 40.2 Å². The molecule has 0 saturated carbocycles. The number of hydrogen-bond acceptors (Lipinski definition) is 4. The Morgan fingerprint density at radius 1 is 0.848 bits per heavy atom. The third-order valence-corrected chi connectivity index (χ3v) is 5.60. The van der Waals surface area contributed by atoms with E-state index in [2.05, 4.69) is 16.0 Å². The van der Waals surface area contributed by atoms with Crippen molar-refractivity contribution >= 4 is 41.6 Å². The van der Waals surface area contributed by atoms with Gasteiger partial charge in [-0.25, -0.2) is 4.79 Å². The predicted molar refractivity (Wildman–Crippen MR) is 121 cm³/mol. The number of carbonyl (C=O) groups excluding carboxylic acids is 2. The molecule has 1 saturated heterocycles. The molecule has 33 heavy (non-hydrogen) atoms. The molecule has 0 atom stereocenters. The summed E-state index contributed by atoms with van der Waals surface area (Å²) in [5.41, 5.74) is -0.936. The lowest BCUT2D eigenvalue weighted by Crippen LogP contribution is -2.41. The van der Waals surface area contributed by atoms with Crippen LogP contribution in [0.25, 0.3) is 0 Å². The van der Waals surface area contributed by atoms with E-state index in [1.54, 1.807) is 24.3 Å². The Morgan fingerprint density at radius 3 is 1.94 bits per heavy atom. The van der Waals surface area contributed by atoms with Gasteiger partial charge >= 0.3 is 19.3 Å². The van der Waals surface area contributed by atoms with Gasteiger partial charge in [-0.05, 0) is 63.5 Å². The minimum Gasteiger partial charge on any atom is -0.399 e. The van der Waals surface area contributed by atoms with Crippen LogP contribution in [0.5, 0.6) is 0 Å². The summed E-state index contributed by atoms with van der Waals surface area (Å²) < 4.78 is 51.2. The summed E-state index contributed by atoms with van der Waals surface area (Å²) in [4.78, 5) is 23.8. The second-order valence-corrected chi connectivity index (χ2v) is 8.73. The van der Waals surface area contributed by atoms with Gasteiger partial charge in [-0.2, -0.15) is 13.2 Å². The van der Waals surface area contributed by atoms with E-state index in [-0.39, 0.29) is 11.4 Å². The molecule has 3 N–H and O–H groups in total. The van der Waals surface area contributed by atoms with Crippen molar-refractivity contribution in [1.29, 1.82) is 0 Å². The normalized spacial score (nSPS) is 16.9. The van der Waals surface area contributed by atoms with Crippen LogP contribution in [-0.4, -0.2) is 30.3 Å². The zero-order chi connectivity index (χ0) is 24.6. The van der Waals surface area contributed by atoms with Crippen molar-refractivity contribution in [3.8, 4) is 0 Å². The fourth-order valence-corrected chi connectivity index (χ4v) is 3.11. The maximum atomic E-state index is 13.1. The van der Waals surface area contributed by atoms with Gasteiger partial charge in [0.1, 0.15) is 0 Å². The highest BCUT2D eigenvalue weighted by Crippen LogP contribution is 2.37. The Morgan fingerprint density at radius 2 is 1.42 bits per heavy atom. The van der Waals surface area contributed by atoms with Gasteiger partial charge in [0.05, 0.1) is 28.1 Å². The minimum absolute atomic E-state index is 0.0433. The van der Waals surface area contributed by atoms with Gasteiger partial charge in [-0.3, -0.25) is 4.79 Å². The van der Waals surface area contributed by atoms with Crippen LogP contribution >= 0.6 is 0 Å². The Labute approximate surface area is 190 Å². The molecule has 1 fully saturated rings. The summed E-state index contributed by atoms with van der Waals surface area (Å²) >= 11 is 0. The molecule has 7 nitrogen and oxygen atoms in total. The number of nitrogens with one attached hydrogen (secondary N) is 3. The van der Waals surface area contributed by atoms with Crippen LogP contribution in [0, 0.1) is 0 Å². The van der Waals surface area contributed by atoms with Crippen LogP contribution in [0.15, 0.2) is 42.5 Å². The summed E-state index contributed by atoms with van der Waals surface area (Å²) in [5.74, 6) is -0.489. The molecular weight excluding hydrogens is 438 g/mol. The molecule has 0 aromatic heterocycles. The number of anilines is 3. The molecule has 3 rings (SSSR count). The van der Waals surface area contributed by atoms with E-state index >= 15 is 0 Å². The first-order chi connectivity index (χ1) is 15.2. The second kappa shape index (κ2) is 8.71. The van der Waals surface area contributed by atoms with Gasteiger partial charge in [-0.1, -0.05) is 12.1 Å². The molecule has 3 amide bonds. The van der Waals surface area contributed by atoms with Gasteiger partial charge in [0.25, 0.3) is 0 Å². The Hall–Kier alpha value is -3.05. The van der Waals surface area contributed by atoms with E-state index in [1.807, 2.05) is 27.7 Å². The van der Waals surface area contributed by atoms with Crippen molar-refractivity contribution in [1.82, 2.24) is 0 Å². The first-order valence-corrected chi connectivity index (χ1v) is 10.2. The Balaban J connectivity index is 1.72. The molecule has 176 valence electrons. The SMILES string of the molecule is CC(=O)Nc1ccc(C(F)(F)F)cc1NC(=O)Nc1ccc(B2OC(C)(C)C(C)(C)O2)cc1. The number of alkyl halides is 3. The second-order valence-electron chi connectivity index (χ2n) is 8.73. The molecule has 2 aromatic carbocycles. The van der Waals surface area contributed by atoms with Crippen molar-refractivity contribution in [3.63, 3.8) is 0 Å². The molecule has 1 aliphatic heterocycles. The number of hydrogen-bond donors (Lipinski definition) is 3. The van der Waals surface area contributed by atoms with Gasteiger partial charge < -0.3 is 25.3 Å². The first-order valence-electron chi connectivity index (χ1n) is 10.2. The smallest absolute Gasteiger partial charge is 0.399 e. The van der Waals surface area contributed by atoms with Crippen LogP contribution in [-0.2, 0) is 20.3 Å². The van der Waals surface area contributed by atoms with Crippen molar-refractivity contribution in [2.45, 2.75) is 52.0 Å². The number of benzene rings is 2. The third-order valence-electron chi connectivity index (χ3n) is 5.60. The van der Waals surface area contributed by atoms with E-state index in [0.29, 0.717) is 5.69 Å². The molecule has 1 heterocycles. The zero-order valence-corrected chi connectivity index (χ0v) is 18.9. The van der Waals surface area contributed by atoms with E-state index in [9.17, 15) is 22.8 Å². The highest BCUT2D eigenvalue weighted by molar-refractivity contribution is 6.62. The van der Waals surface area contributed by atoms with E-state index in [0.717, 1.165) is 23.7 Å². The van der Waals surface area contributed by atoms with E-state index in [4.69, 9.17) is 9.31 Å². The highest BCUT2D eigenvalue weighted by Gasteiger charge is 2.51. The van der Waals surface area contributed by atoms with Crippen molar-refractivity contribution in [2.75, 3.05) is 16.0 Å². The highest BCUT2D eigenvalue weighted by atomic mass is 19.4. The number of rotatable bonds is 4. The van der Waals surface area contributed by atoms with Crippen LogP contribution < -0.4 is 21.4 Å². The number of amides is 3. The molecule has 2 aromatic rings. The zero-order valence-electron chi connectivity index (χ0n) is 18.9. The minimum atomic E-state index is -4.61. The van der Waals surface area contributed by atoms with Crippen molar-refractivity contribution in [2.24, 2.45) is 0 Å². The third kappa shape index (κ3) is 5.66. The largest absolute Gasteiger partial charge is 0.494 e. The Bertz CT molecular complexity index is 1040. The fraction of sp³-hybridized carbons (Fsp3) is 0.364. The number of urea groups is 1. The van der Waals surface area contributed by atoms with Crippen molar-refractivity contribution < 1.29 is 32.1 Å². The summed E-state index contributed by atoms with van der Waals surface area (Å²) in [7, 11) is -0.566. The molecule has 0 aliphatic carbocycles. The van der Waals surface area contributed by atoms with Gasteiger partial charge in [0.15, 0.2) is 0 Å². The average Bonchev–Trinajstić information content (AvgIpc) is 2.89. The molecule has 0 spiro atoms. The predicted octanol–water partition coefficient (Wildman–Crippen LogP) is 4.61. The Kier molecular flexibility index (Phi) is 6.50. The lowest BCUT2D eigenvalue weighted by atomic mass is 9.79.